The largest absolute Gasteiger partial charge is 0.396 e. The van der Waals surface area contributed by atoms with Crippen LogP contribution in [0.2, 0.25) is 0 Å². The second-order valence-corrected chi connectivity index (χ2v) is 5.79. The maximum Gasteiger partial charge on any atom is 0.220 e. The van der Waals surface area contributed by atoms with Crippen molar-refractivity contribution in [1.29, 1.82) is 0 Å². The predicted molar refractivity (Wildman–Crippen MR) is 67.5 cm³/mol. The van der Waals surface area contributed by atoms with Crippen LogP contribution < -0.4 is 5.32 Å². The number of aliphatic hydroxyl groups excluding tert-OH is 1. The molecule has 17 heavy (non-hydrogen) atoms. The van der Waals surface area contributed by atoms with Crippen molar-refractivity contribution >= 4 is 5.91 Å². The molecule has 0 aliphatic heterocycles. The van der Waals surface area contributed by atoms with Gasteiger partial charge in [-0.2, -0.15) is 0 Å². The van der Waals surface area contributed by atoms with Gasteiger partial charge >= 0.3 is 0 Å². The number of rotatable bonds is 5. The van der Waals surface area contributed by atoms with Crippen molar-refractivity contribution in [2.75, 3.05) is 13.2 Å². The summed E-state index contributed by atoms with van der Waals surface area (Å²) in [7, 11) is 0. The Bertz CT molecular complexity index is 249. The van der Waals surface area contributed by atoms with E-state index in [2.05, 4.69) is 5.32 Å². The van der Waals surface area contributed by atoms with Crippen molar-refractivity contribution in [2.45, 2.75) is 51.4 Å². The molecule has 0 bridgehead atoms. The molecule has 2 unspecified atom stereocenters. The van der Waals surface area contributed by atoms with Gasteiger partial charge in [-0.1, -0.05) is 19.3 Å². The molecule has 2 aliphatic rings. The van der Waals surface area contributed by atoms with Gasteiger partial charge in [-0.3, -0.25) is 4.79 Å². The average molecular weight is 239 g/mol. The molecular formula is C14H25NO2. The van der Waals surface area contributed by atoms with E-state index in [0.717, 1.165) is 25.8 Å². The molecule has 3 nitrogen and oxygen atoms in total. The molecule has 0 radical (unpaired) electrons. The highest BCUT2D eigenvalue weighted by Crippen LogP contribution is 2.31. The summed E-state index contributed by atoms with van der Waals surface area (Å²) in [4.78, 5) is 11.8. The number of carbonyl (C=O) groups is 1. The third-order valence-electron chi connectivity index (χ3n) is 4.56. The maximum absolute atomic E-state index is 11.8. The minimum Gasteiger partial charge on any atom is -0.396 e. The summed E-state index contributed by atoms with van der Waals surface area (Å²) < 4.78 is 0. The van der Waals surface area contributed by atoms with Crippen LogP contribution in [-0.4, -0.2) is 24.2 Å². The fourth-order valence-corrected chi connectivity index (χ4v) is 3.42. The molecule has 0 saturated heterocycles. The summed E-state index contributed by atoms with van der Waals surface area (Å²) in [6.07, 6.45) is 9.27. The highest BCUT2D eigenvalue weighted by molar-refractivity contribution is 5.76. The highest BCUT2D eigenvalue weighted by atomic mass is 16.3. The molecule has 2 rings (SSSR count). The number of hydrogen-bond donors (Lipinski definition) is 2. The molecule has 2 N–H and O–H groups in total. The second-order valence-electron chi connectivity index (χ2n) is 5.79. The van der Waals surface area contributed by atoms with Crippen molar-refractivity contribution in [2.24, 2.45) is 17.8 Å². The van der Waals surface area contributed by atoms with Gasteiger partial charge < -0.3 is 10.4 Å². The zero-order chi connectivity index (χ0) is 12.1. The van der Waals surface area contributed by atoms with Crippen LogP contribution in [0.25, 0.3) is 0 Å². The molecule has 0 aromatic carbocycles. The van der Waals surface area contributed by atoms with Crippen LogP contribution in [0.4, 0.5) is 0 Å². The molecule has 0 heterocycles. The Morgan fingerprint density at radius 1 is 1.06 bits per heavy atom. The number of aliphatic hydroxyl groups is 1. The van der Waals surface area contributed by atoms with E-state index >= 15 is 0 Å². The molecule has 0 aromatic rings. The SMILES string of the molecule is O=C(CC1CCCC1)NCC1CCCC1CO. The Kier molecular flexibility index (Phi) is 4.84. The minimum atomic E-state index is 0.223. The summed E-state index contributed by atoms with van der Waals surface area (Å²) in [6, 6.07) is 0. The average Bonchev–Trinajstić information content (AvgIpc) is 2.96. The van der Waals surface area contributed by atoms with E-state index in [1.165, 1.54) is 32.1 Å². The molecule has 0 spiro atoms. The first-order valence-electron chi connectivity index (χ1n) is 7.17. The van der Waals surface area contributed by atoms with Crippen LogP contribution in [0, 0.1) is 17.8 Å². The van der Waals surface area contributed by atoms with E-state index in [-0.39, 0.29) is 12.5 Å². The molecule has 2 fully saturated rings. The lowest BCUT2D eigenvalue weighted by Gasteiger charge is -2.18. The first kappa shape index (κ1) is 12.9. The normalized spacial score (nSPS) is 29.7. The topological polar surface area (TPSA) is 49.3 Å². The molecule has 2 aliphatic carbocycles. The summed E-state index contributed by atoms with van der Waals surface area (Å²) in [5.74, 6) is 1.78. The smallest absolute Gasteiger partial charge is 0.220 e. The lowest BCUT2D eigenvalue weighted by molar-refractivity contribution is -0.122. The van der Waals surface area contributed by atoms with Gasteiger partial charge in [0.2, 0.25) is 5.91 Å². The van der Waals surface area contributed by atoms with Crippen LogP contribution in [0.15, 0.2) is 0 Å². The fourth-order valence-electron chi connectivity index (χ4n) is 3.42. The van der Waals surface area contributed by atoms with E-state index in [0.29, 0.717) is 17.8 Å². The monoisotopic (exact) mass is 239 g/mol. The van der Waals surface area contributed by atoms with Gasteiger partial charge in [-0.05, 0) is 43.4 Å². The molecule has 3 heteroatoms. The minimum absolute atomic E-state index is 0.223. The van der Waals surface area contributed by atoms with E-state index in [1.807, 2.05) is 0 Å². The van der Waals surface area contributed by atoms with Gasteiger partial charge in [-0.15, -0.1) is 0 Å². The van der Waals surface area contributed by atoms with Gasteiger partial charge in [0, 0.05) is 19.6 Å². The Balaban J connectivity index is 1.65. The Labute approximate surface area is 104 Å². The molecule has 2 atom stereocenters. The number of carbonyl (C=O) groups excluding carboxylic acids is 1. The molecular weight excluding hydrogens is 214 g/mol. The summed E-state index contributed by atoms with van der Waals surface area (Å²) in [5.41, 5.74) is 0. The number of hydrogen-bond acceptors (Lipinski definition) is 2. The first-order valence-corrected chi connectivity index (χ1v) is 7.17. The Hall–Kier alpha value is -0.570. The highest BCUT2D eigenvalue weighted by Gasteiger charge is 2.27. The fraction of sp³-hybridized carbons (Fsp3) is 0.929. The van der Waals surface area contributed by atoms with Crippen LogP contribution >= 0.6 is 0 Å². The van der Waals surface area contributed by atoms with E-state index < -0.39 is 0 Å². The zero-order valence-electron chi connectivity index (χ0n) is 10.7. The van der Waals surface area contributed by atoms with Crippen molar-refractivity contribution in [1.82, 2.24) is 5.32 Å². The lowest BCUT2D eigenvalue weighted by atomic mass is 9.96. The number of amides is 1. The van der Waals surface area contributed by atoms with Gasteiger partial charge in [0.15, 0.2) is 0 Å². The third-order valence-corrected chi connectivity index (χ3v) is 4.56. The molecule has 2 saturated carbocycles. The van der Waals surface area contributed by atoms with Crippen LogP contribution in [0.1, 0.15) is 51.4 Å². The zero-order valence-corrected chi connectivity index (χ0v) is 10.7. The van der Waals surface area contributed by atoms with Crippen LogP contribution in [0.3, 0.4) is 0 Å². The van der Waals surface area contributed by atoms with Crippen molar-refractivity contribution in [3.63, 3.8) is 0 Å². The summed E-state index contributed by atoms with van der Waals surface area (Å²) in [5, 5.41) is 12.3. The van der Waals surface area contributed by atoms with Crippen molar-refractivity contribution < 1.29 is 9.90 Å². The predicted octanol–water partition coefficient (Wildman–Crippen LogP) is 2.09. The first-order chi connectivity index (χ1) is 8.29. The number of nitrogens with one attached hydrogen (secondary N) is 1. The maximum atomic E-state index is 11.8. The van der Waals surface area contributed by atoms with Gasteiger partial charge in [0.25, 0.3) is 0 Å². The van der Waals surface area contributed by atoms with Gasteiger partial charge in [-0.25, -0.2) is 0 Å². The van der Waals surface area contributed by atoms with E-state index in [1.54, 1.807) is 0 Å². The van der Waals surface area contributed by atoms with Gasteiger partial charge in [0.1, 0.15) is 0 Å². The Morgan fingerprint density at radius 3 is 2.47 bits per heavy atom. The van der Waals surface area contributed by atoms with Crippen molar-refractivity contribution in [3.05, 3.63) is 0 Å². The summed E-state index contributed by atoms with van der Waals surface area (Å²) in [6.45, 7) is 1.06. The molecule has 0 aromatic heterocycles. The summed E-state index contributed by atoms with van der Waals surface area (Å²) >= 11 is 0. The molecule has 98 valence electrons. The third kappa shape index (κ3) is 3.70. The van der Waals surface area contributed by atoms with E-state index in [9.17, 15) is 9.90 Å². The van der Waals surface area contributed by atoms with Crippen LogP contribution in [-0.2, 0) is 4.79 Å². The Morgan fingerprint density at radius 2 is 1.76 bits per heavy atom. The van der Waals surface area contributed by atoms with E-state index in [4.69, 9.17) is 0 Å². The van der Waals surface area contributed by atoms with Crippen molar-refractivity contribution in [3.8, 4) is 0 Å². The van der Waals surface area contributed by atoms with Crippen LogP contribution in [0.5, 0.6) is 0 Å². The lowest BCUT2D eigenvalue weighted by Crippen LogP contribution is -2.32. The second kappa shape index (κ2) is 6.39. The van der Waals surface area contributed by atoms with Gasteiger partial charge in [0.05, 0.1) is 0 Å². The quantitative estimate of drug-likeness (QED) is 0.772. The standard InChI is InChI=1S/C14H25NO2/c16-10-13-7-3-6-12(13)9-15-14(17)8-11-4-1-2-5-11/h11-13,16H,1-10H2,(H,15,17). The molecule has 1 amide bonds.